The van der Waals surface area contributed by atoms with Crippen LogP contribution in [0, 0.1) is 0 Å². The van der Waals surface area contributed by atoms with Gasteiger partial charge in [-0.3, -0.25) is 15.3 Å². The number of amides is 2. The third kappa shape index (κ3) is 6.58. The Hall–Kier alpha value is -2.93. The van der Waals surface area contributed by atoms with Crippen LogP contribution in [0.5, 0.6) is 0 Å². The number of pyridine rings is 1. The number of carbonyl (C=O) groups excluding carboxylic acids is 1. The minimum atomic E-state index is -0.456. The maximum absolute atomic E-state index is 11.7. The van der Waals surface area contributed by atoms with Crippen molar-refractivity contribution in [3.05, 3.63) is 60.4 Å². The molecular weight excluding hydrogens is 294 g/mol. The van der Waals surface area contributed by atoms with E-state index in [9.17, 15) is 4.79 Å². The standard InChI is InChI=1S/C16H19N5O2/c17-15(21-16(22)20-14-6-8-18-9-7-14)19-10-11-23-12-13-4-2-1-3-5-13/h1-9H,10-12H2,(H4,17,18,19,20,21,22). The highest BCUT2D eigenvalue weighted by molar-refractivity contribution is 6.01. The van der Waals surface area contributed by atoms with Gasteiger partial charge in [0, 0.05) is 18.1 Å². The molecule has 0 aliphatic heterocycles. The number of nitrogens with zero attached hydrogens (tertiary/aromatic N) is 2. The van der Waals surface area contributed by atoms with Crippen LogP contribution in [0.2, 0.25) is 0 Å². The van der Waals surface area contributed by atoms with Crippen LogP contribution >= 0.6 is 0 Å². The largest absolute Gasteiger partial charge is 0.375 e. The Morgan fingerprint density at radius 2 is 1.91 bits per heavy atom. The summed E-state index contributed by atoms with van der Waals surface area (Å²) in [6, 6.07) is 12.7. The fraction of sp³-hybridized carbons (Fsp3) is 0.188. The number of anilines is 1. The summed E-state index contributed by atoms with van der Waals surface area (Å²) in [4.78, 5) is 19.5. The molecule has 2 rings (SSSR count). The van der Waals surface area contributed by atoms with Gasteiger partial charge in [0.1, 0.15) is 0 Å². The molecule has 0 atom stereocenters. The van der Waals surface area contributed by atoms with E-state index >= 15 is 0 Å². The third-order valence-electron chi connectivity index (χ3n) is 2.81. The lowest BCUT2D eigenvalue weighted by molar-refractivity contribution is 0.128. The molecule has 0 aliphatic carbocycles. The Morgan fingerprint density at radius 1 is 1.17 bits per heavy atom. The maximum atomic E-state index is 11.7. The van der Waals surface area contributed by atoms with Crippen molar-refractivity contribution in [2.24, 2.45) is 10.7 Å². The highest BCUT2D eigenvalue weighted by Crippen LogP contribution is 2.02. The molecule has 0 saturated carbocycles. The molecule has 0 saturated heterocycles. The Kier molecular flexibility index (Phi) is 6.55. The number of hydrogen-bond donors (Lipinski definition) is 3. The molecule has 0 spiro atoms. The molecule has 0 aliphatic rings. The molecule has 1 aromatic carbocycles. The molecule has 120 valence electrons. The summed E-state index contributed by atoms with van der Waals surface area (Å²) < 4.78 is 5.47. The number of benzene rings is 1. The number of carbonyl (C=O) groups is 1. The first-order chi connectivity index (χ1) is 11.2. The average molecular weight is 313 g/mol. The van der Waals surface area contributed by atoms with Crippen LogP contribution in [0.15, 0.2) is 59.9 Å². The van der Waals surface area contributed by atoms with Crippen LogP contribution < -0.4 is 16.4 Å². The fourth-order valence-corrected chi connectivity index (χ4v) is 1.75. The van der Waals surface area contributed by atoms with Crippen molar-refractivity contribution < 1.29 is 9.53 Å². The van der Waals surface area contributed by atoms with Crippen molar-refractivity contribution in [1.29, 1.82) is 0 Å². The summed E-state index contributed by atoms with van der Waals surface area (Å²) >= 11 is 0. The molecule has 7 heteroatoms. The monoisotopic (exact) mass is 313 g/mol. The highest BCUT2D eigenvalue weighted by atomic mass is 16.5. The van der Waals surface area contributed by atoms with Gasteiger partial charge in [0.15, 0.2) is 5.96 Å². The summed E-state index contributed by atoms with van der Waals surface area (Å²) in [5.74, 6) is 0.0415. The van der Waals surface area contributed by atoms with Gasteiger partial charge in [0.25, 0.3) is 0 Å². The number of nitrogens with two attached hydrogens (primary N) is 1. The second kappa shape index (κ2) is 9.16. The molecule has 0 bridgehead atoms. The third-order valence-corrected chi connectivity index (χ3v) is 2.81. The number of nitrogens with one attached hydrogen (secondary N) is 2. The van der Waals surface area contributed by atoms with E-state index in [2.05, 4.69) is 20.6 Å². The minimum Gasteiger partial charge on any atom is -0.375 e. The first kappa shape index (κ1) is 16.4. The Bertz CT molecular complexity index is 631. The van der Waals surface area contributed by atoms with Crippen molar-refractivity contribution in [3.63, 3.8) is 0 Å². The molecule has 1 heterocycles. The Morgan fingerprint density at radius 3 is 2.65 bits per heavy atom. The summed E-state index contributed by atoms with van der Waals surface area (Å²) in [5.41, 5.74) is 7.35. The number of aromatic nitrogens is 1. The van der Waals surface area contributed by atoms with Crippen molar-refractivity contribution in [1.82, 2.24) is 10.3 Å². The zero-order valence-corrected chi connectivity index (χ0v) is 12.6. The maximum Gasteiger partial charge on any atom is 0.325 e. The van der Waals surface area contributed by atoms with Gasteiger partial charge in [0.05, 0.1) is 19.8 Å². The molecule has 0 fully saturated rings. The molecular formula is C16H19N5O2. The van der Waals surface area contributed by atoms with Crippen molar-refractivity contribution in [3.8, 4) is 0 Å². The summed E-state index contributed by atoms with van der Waals surface area (Å²) in [6.07, 6.45) is 3.16. The molecule has 1 aromatic heterocycles. The van der Waals surface area contributed by atoms with Crippen molar-refractivity contribution in [2.75, 3.05) is 18.5 Å². The number of ether oxygens (including phenoxy) is 1. The Labute approximate surface area is 134 Å². The van der Waals surface area contributed by atoms with Crippen LogP contribution in [0.4, 0.5) is 10.5 Å². The molecule has 2 aromatic rings. The second-order valence-corrected chi connectivity index (χ2v) is 4.62. The summed E-state index contributed by atoms with van der Waals surface area (Å²) in [6.45, 7) is 1.31. The van der Waals surface area contributed by atoms with E-state index in [1.54, 1.807) is 24.5 Å². The molecule has 7 nitrogen and oxygen atoms in total. The fourth-order valence-electron chi connectivity index (χ4n) is 1.75. The second-order valence-electron chi connectivity index (χ2n) is 4.62. The van der Waals surface area contributed by atoms with Gasteiger partial charge >= 0.3 is 6.03 Å². The first-order valence-corrected chi connectivity index (χ1v) is 7.13. The van der Waals surface area contributed by atoms with Crippen molar-refractivity contribution >= 4 is 17.7 Å². The van der Waals surface area contributed by atoms with Gasteiger partial charge in [-0.25, -0.2) is 4.79 Å². The van der Waals surface area contributed by atoms with E-state index in [0.717, 1.165) is 5.56 Å². The molecule has 2 amide bonds. The topological polar surface area (TPSA) is 102 Å². The van der Waals surface area contributed by atoms with E-state index in [1.165, 1.54) is 0 Å². The lowest BCUT2D eigenvalue weighted by Crippen LogP contribution is -2.39. The van der Waals surface area contributed by atoms with Crippen molar-refractivity contribution in [2.45, 2.75) is 6.61 Å². The van der Waals surface area contributed by atoms with E-state index in [-0.39, 0.29) is 5.96 Å². The zero-order chi connectivity index (χ0) is 16.3. The van der Waals surface area contributed by atoms with Crippen LogP contribution in [-0.2, 0) is 11.3 Å². The molecule has 4 N–H and O–H groups in total. The normalized spacial score (nSPS) is 11.0. The van der Waals surface area contributed by atoms with Gasteiger partial charge in [-0.2, -0.15) is 0 Å². The van der Waals surface area contributed by atoms with Crippen LogP contribution in [0.25, 0.3) is 0 Å². The lowest BCUT2D eigenvalue weighted by atomic mass is 10.2. The SMILES string of the molecule is NC(=NCCOCc1ccccc1)NC(=O)Nc1ccncc1. The van der Waals surface area contributed by atoms with Crippen LogP contribution in [-0.4, -0.2) is 30.1 Å². The van der Waals surface area contributed by atoms with E-state index in [4.69, 9.17) is 10.5 Å². The van der Waals surface area contributed by atoms with Gasteiger partial charge in [-0.1, -0.05) is 30.3 Å². The quantitative estimate of drug-likeness (QED) is 0.429. The number of guanidine groups is 1. The van der Waals surface area contributed by atoms with Gasteiger partial charge in [-0.05, 0) is 17.7 Å². The molecule has 23 heavy (non-hydrogen) atoms. The number of aliphatic imine (C=N–C) groups is 1. The predicted octanol–water partition coefficient (Wildman–Crippen LogP) is 1.73. The number of rotatable bonds is 6. The van der Waals surface area contributed by atoms with Gasteiger partial charge in [0.2, 0.25) is 0 Å². The molecule has 0 unspecified atom stereocenters. The first-order valence-electron chi connectivity index (χ1n) is 7.13. The Balaban J connectivity index is 1.64. The summed E-state index contributed by atoms with van der Waals surface area (Å²) in [5, 5.41) is 5.05. The zero-order valence-electron chi connectivity index (χ0n) is 12.6. The predicted molar refractivity (Wildman–Crippen MR) is 89.0 cm³/mol. The minimum absolute atomic E-state index is 0.0415. The number of urea groups is 1. The lowest BCUT2D eigenvalue weighted by Gasteiger charge is -2.07. The average Bonchev–Trinajstić information content (AvgIpc) is 2.56. The van der Waals surface area contributed by atoms with Crippen LogP contribution in [0.3, 0.4) is 0 Å². The number of hydrogen-bond acceptors (Lipinski definition) is 4. The molecule has 0 radical (unpaired) electrons. The summed E-state index contributed by atoms with van der Waals surface area (Å²) in [7, 11) is 0. The van der Waals surface area contributed by atoms with E-state index < -0.39 is 6.03 Å². The van der Waals surface area contributed by atoms with E-state index in [1.807, 2.05) is 30.3 Å². The highest BCUT2D eigenvalue weighted by Gasteiger charge is 2.02. The van der Waals surface area contributed by atoms with Gasteiger partial charge in [-0.15, -0.1) is 0 Å². The smallest absolute Gasteiger partial charge is 0.325 e. The van der Waals surface area contributed by atoms with Gasteiger partial charge < -0.3 is 15.8 Å². The van der Waals surface area contributed by atoms with Crippen LogP contribution in [0.1, 0.15) is 5.56 Å². The van der Waals surface area contributed by atoms with E-state index in [0.29, 0.717) is 25.4 Å².